The van der Waals surface area contributed by atoms with Crippen LogP contribution in [0.5, 0.6) is 5.75 Å². The van der Waals surface area contributed by atoms with Gasteiger partial charge in [-0.3, -0.25) is 5.32 Å². The monoisotopic (exact) mass is 534 g/mol. The Bertz CT molecular complexity index is 850. The molecule has 160 valence electrons. The van der Waals surface area contributed by atoms with Gasteiger partial charge in [-0.15, -0.1) is 0 Å². The first-order valence-electron chi connectivity index (χ1n) is 9.45. The highest BCUT2D eigenvalue weighted by molar-refractivity contribution is 14.1. The van der Waals surface area contributed by atoms with Gasteiger partial charge in [-0.05, 0) is 31.9 Å². The highest BCUT2D eigenvalue weighted by Crippen LogP contribution is 2.39. The Morgan fingerprint density at radius 1 is 1.45 bits per heavy atom. The van der Waals surface area contributed by atoms with Gasteiger partial charge in [0.15, 0.2) is 5.13 Å². The molecule has 0 bridgehead atoms. The van der Waals surface area contributed by atoms with Gasteiger partial charge in [0.1, 0.15) is 11.3 Å². The zero-order valence-corrected chi connectivity index (χ0v) is 19.9. The van der Waals surface area contributed by atoms with Crippen LogP contribution in [-0.4, -0.2) is 71.6 Å². The van der Waals surface area contributed by atoms with Crippen molar-refractivity contribution in [3.05, 3.63) is 12.1 Å². The quantitative estimate of drug-likeness (QED) is 0.321. The average Bonchev–Trinajstić information content (AvgIpc) is 3.10. The van der Waals surface area contributed by atoms with Crippen molar-refractivity contribution in [2.45, 2.75) is 25.4 Å². The van der Waals surface area contributed by atoms with E-state index in [4.69, 9.17) is 9.47 Å². The van der Waals surface area contributed by atoms with Gasteiger partial charge in [-0.25, -0.2) is 9.78 Å². The van der Waals surface area contributed by atoms with Crippen LogP contribution in [0.15, 0.2) is 12.1 Å². The number of likely N-dealkylation sites (tertiary alicyclic amines) is 1. The number of nitrogens with one attached hydrogen (secondary N) is 1. The van der Waals surface area contributed by atoms with Gasteiger partial charge in [0.05, 0.1) is 34.3 Å². The lowest BCUT2D eigenvalue weighted by molar-refractivity contribution is 0.00570. The number of amides is 2. The van der Waals surface area contributed by atoms with Crippen molar-refractivity contribution in [3.63, 3.8) is 0 Å². The number of carbonyl (C=O) groups excluding carboxylic acids is 1. The number of hydrogen-bond acceptors (Lipinski definition) is 7. The van der Waals surface area contributed by atoms with Crippen LogP contribution in [0, 0.1) is 0 Å². The number of benzene rings is 1. The molecular weight excluding hydrogens is 507 g/mol. The number of anilines is 2. The number of nitrogens with zero attached hydrogens (tertiary/aromatic N) is 3. The number of likely N-dealkylation sites (N-methyl/N-ethyl adjacent to an activating group) is 1. The first-order valence-corrected chi connectivity index (χ1v) is 11.8. The van der Waals surface area contributed by atoms with E-state index in [1.807, 2.05) is 26.1 Å². The molecule has 1 fully saturated rings. The Kier molecular flexibility index (Phi) is 7.41. The molecule has 0 spiro atoms. The highest BCUT2D eigenvalue weighted by atomic mass is 127. The number of thiazole rings is 1. The summed E-state index contributed by atoms with van der Waals surface area (Å²) in [5, 5.41) is 13.5. The Balaban J connectivity index is 1.79. The van der Waals surface area contributed by atoms with Crippen molar-refractivity contribution in [2.24, 2.45) is 0 Å². The second-order valence-electron chi connectivity index (χ2n) is 7.34. The summed E-state index contributed by atoms with van der Waals surface area (Å²) in [6.07, 6.45) is 1.14. The van der Waals surface area contributed by atoms with Crippen LogP contribution in [0.2, 0.25) is 0 Å². The smallest absolute Gasteiger partial charge is 0.323 e. The molecule has 10 heteroatoms. The lowest BCUT2D eigenvalue weighted by Gasteiger charge is -2.35. The molecule has 1 aliphatic heterocycles. The Hall–Kier alpha value is -1.37. The van der Waals surface area contributed by atoms with Gasteiger partial charge in [-0.1, -0.05) is 33.9 Å². The fraction of sp³-hybridized carbons (Fsp3) is 0.579. The standard InChI is InChI=1S/C19H27IN4O4S/c1-19(26)6-8-24(9-7-19)18(25)22-17-21-15-14(27-3)5-4-13(16(15)29-17)23(2)10-11-28-12-20/h4-5,26H,6-12H2,1-3H3,(H,21,22,25). The number of hydrogen-bond donors (Lipinski definition) is 2. The summed E-state index contributed by atoms with van der Waals surface area (Å²) in [5.41, 5.74) is 1.05. The zero-order chi connectivity index (χ0) is 21.0. The number of aliphatic hydroxyl groups is 1. The summed E-state index contributed by atoms with van der Waals surface area (Å²) >= 11 is 3.61. The summed E-state index contributed by atoms with van der Waals surface area (Å²) in [7, 11) is 3.62. The number of ether oxygens (including phenoxy) is 2. The van der Waals surface area contributed by atoms with Crippen molar-refractivity contribution in [1.82, 2.24) is 9.88 Å². The van der Waals surface area contributed by atoms with Crippen molar-refractivity contribution in [2.75, 3.05) is 55.2 Å². The van der Waals surface area contributed by atoms with Crippen LogP contribution < -0.4 is 15.0 Å². The van der Waals surface area contributed by atoms with Gasteiger partial charge >= 0.3 is 6.03 Å². The topological polar surface area (TPSA) is 87.2 Å². The largest absolute Gasteiger partial charge is 0.494 e. The lowest BCUT2D eigenvalue weighted by atomic mass is 9.94. The predicted molar refractivity (Wildman–Crippen MR) is 125 cm³/mol. The van der Waals surface area contributed by atoms with Gasteiger partial charge in [0.25, 0.3) is 0 Å². The van der Waals surface area contributed by atoms with Crippen LogP contribution in [-0.2, 0) is 4.74 Å². The molecule has 0 saturated carbocycles. The summed E-state index contributed by atoms with van der Waals surface area (Å²) in [5.74, 6) is 0.673. The molecule has 29 heavy (non-hydrogen) atoms. The molecule has 2 aromatic rings. The van der Waals surface area contributed by atoms with Crippen LogP contribution >= 0.6 is 33.9 Å². The Labute approximate surface area is 188 Å². The molecule has 1 saturated heterocycles. The molecule has 2 amide bonds. The van der Waals surface area contributed by atoms with Crippen LogP contribution in [0.4, 0.5) is 15.6 Å². The summed E-state index contributed by atoms with van der Waals surface area (Å²) < 4.78 is 12.5. The van der Waals surface area contributed by atoms with Crippen LogP contribution in [0.25, 0.3) is 10.2 Å². The summed E-state index contributed by atoms with van der Waals surface area (Å²) in [4.78, 5) is 21.1. The number of piperidine rings is 1. The van der Waals surface area contributed by atoms with E-state index in [0.29, 0.717) is 48.0 Å². The maximum Gasteiger partial charge on any atom is 0.323 e. The van der Waals surface area contributed by atoms with Crippen LogP contribution in [0.3, 0.4) is 0 Å². The SMILES string of the molecule is COc1ccc(N(C)CCOCI)c2sc(NC(=O)N3CCC(C)(O)CC3)nc12. The van der Waals surface area contributed by atoms with Crippen LogP contribution in [0.1, 0.15) is 19.8 Å². The Morgan fingerprint density at radius 3 is 2.83 bits per heavy atom. The molecule has 1 aliphatic rings. The molecule has 0 aliphatic carbocycles. The third-order valence-electron chi connectivity index (χ3n) is 5.11. The first-order chi connectivity index (χ1) is 13.8. The molecule has 1 aromatic heterocycles. The minimum Gasteiger partial charge on any atom is -0.494 e. The van der Waals surface area contributed by atoms with E-state index in [-0.39, 0.29) is 6.03 Å². The molecule has 2 heterocycles. The van der Waals surface area contributed by atoms with E-state index in [0.717, 1.165) is 22.4 Å². The second kappa shape index (κ2) is 9.63. The third-order valence-corrected chi connectivity index (χ3v) is 6.54. The molecule has 0 radical (unpaired) electrons. The maximum atomic E-state index is 12.6. The fourth-order valence-corrected chi connectivity index (χ4v) is 4.58. The minimum atomic E-state index is -0.694. The zero-order valence-electron chi connectivity index (χ0n) is 16.9. The number of fused-ring (bicyclic) bond motifs is 1. The highest BCUT2D eigenvalue weighted by Gasteiger charge is 2.30. The number of methoxy groups -OCH3 is 1. The number of carbonyl (C=O) groups is 1. The number of aromatic nitrogens is 1. The first kappa shape index (κ1) is 22.3. The molecule has 2 N–H and O–H groups in total. The summed E-state index contributed by atoms with van der Waals surface area (Å²) in [6.45, 7) is 4.24. The number of halogens is 1. The van der Waals surface area contributed by atoms with Gasteiger partial charge in [0.2, 0.25) is 0 Å². The third kappa shape index (κ3) is 5.41. The molecular formula is C19H27IN4O4S. The molecule has 8 nitrogen and oxygen atoms in total. The lowest BCUT2D eigenvalue weighted by Crippen LogP contribution is -2.46. The molecule has 0 unspecified atom stereocenters. The number of alkyl halides is 1. The number of urea groups is 1. The number of rotatable bonds is 7. The van der Waals surface area contributed by atoms with Crippen molar-refractivity contribution in [3.8, 4) is 5.75 Å². The second-order valence-corrected chi connectivity index (χ2v) is 8.96. The van der Waals surface area contributed by atoms with E-state index in [1.54, 1.807) is 12.0 Å². The average molecular weight is 534 g/mol. The van der Waals surface area contributed by atoms with E-state index in [2.05, 4.69) is 37.8 Å². The van der Waals surface area contributed by atoms with E-state index >= 15 is 0 Å². The van der Waals surface area contributed by atoms with E-state index < -0.39 is 5.60 Å². The summed E-state index contributed by atoms with van der Waals surface area (Å²) in [6, 6.07) is 3.71. The normalized spacial score (nSPS) is 16.1. The van der Waals surface area contributed by atoms with Gasteiger partial charge in [0, 0.05) is 26.7 Å². The van der Waals surface area contributed by atoms with Gasteiger partial charge in [-0.2, -0.15) is 0 Å². The molecule has 0 atom stereocenters. The molecule has 1 aromatic carbocycles. The van der Waals surface area contributed by atoms with E-state index in [9.17, 15) is 9.90 Å². The van der Waals surface area contributed by atoms with Crippen molar-refractivity contribution < 1.29 is 19.4 Å². The fourth-order valence-electron chi connectivity index (χ4n) is 3.23. The van der Waals surface area contributed by atoms with E-state index in [1.165, 1.54) is 11.3 Å². The minimum absolute atomic E-state index is 0.191. The van der Waals surface area contributed by atoms with Crippen molar-refractivity contribution >= 4 is 61.0 Å². The predicted octanol–water partition coefficient (Wildman–Crippen LogP) is 3.53. The van der Waals surface area contributed by atoms with Gasteiger partial charge < -0.3 is 24.4 Å². The maximum absolute atomic E-state index is 12.6. The van der Waals surface area contributed by atoms with Crippen molar-refractivity contribution in [1.29, 1.82) is 0 Å². The Morgan fingerprint density at radius 2 is 2.17 bits per heavy atom. The molecule has 3 rings (SSSR count).